The van der Waals surface area contributed by atoms with Gasteiger partial charge in [0.1, 0.15) is 11.9 Å². The van der Waals surface area contributed by atoms with E-state index in [1.54, 1.807) is 24.4 Å². The van der Waals surface area contributed by atoms with Crippen LogP contribution in [0.4, 0.5) is 4.39 Å². The van der Waals surface area contributed by atoms with Gasteiger partial charge in [0.25, 0.3) is 0 Å². The summed E-state index contributed by atoms with van der Waals surface area (Å²) in [6.07, 6.45) is 3.96. The number of rotatable bonds is 7. The van der Waals surface area contributed by atoms with Crippen molar-refractivity contribution in [2.24, 2.45) is 0 Å². The molecule has 0 bridgehead atoms. The standard InChI is InChI=1S/C23H23FN4O2S/c24-19-5-2-1-4-18(19)12-21-23(30)27-20(15-31-21)22(29)25-13-16-6-8-17(9-7-16)14-28-11-3-10-26-28/h1-11,20-21H,12-15H2,(H,25,29)(H,27,30). The number of hydrogen-bond donors (Lipinski definition) is 2. The fourth-order valence-corrected chi connectivity index (χ4v) is 4.58. The third-order valence-corrected chi connectivity index (χ3v) is 6.46. The molecule has 31 heavy (non-hydrogen) atoms. The number of hydrogen-bond acceptors (Lipinski definition) is 4. The van der Waals surface area contributed by atoms with Gasteiger partial charge in [0.05, 0.1) is 11.8 Å². The van der Waals surface area contributed by atoms with Crippen molar-refractivity contribution >= 4 is 23.6 Å². The van der Waals surface area contributed by atoms with Crippen LogP contribution in [0.2, 0.25) is 0 Å². The van der Waals surface area contributed by atoms with Crippen LogP contribution in [-0.2, 0) is 29.1 Å². The van der Waals surface area contributed by atoms with Crippen LogP contribution in [0.25, 0.3) is 0 Å². The lowest BCUT2D eigenvalue weighted by Gasteiger charge is -2.28. The molecule has 4 rings (SSSR count). The minimum atomic E-state index is -0.589. The lowest BCUT2D eigenvalue weighted by Crippen LogP contribution is -2.54. The van der Waals surface area contributed by atoms with Crippen LogP contribution in [0.3, 0.4) is 0 Å². The summed E-state index contributed by atoms with van der Waals surface area (Å²) in [5, 5.41) is 9.44. The van der Waals surface area contributed by atoms with E-state index in [9.17, 15) is 14.0 Å². The maximum atomic E-state index is 13.8. The quantitative estimate of drug-likeness (QED) is 0.595. The minimum Gasteiger partial charge on any atom is -0.350 e. The van der Waals surface area contributed by atoms with Crippen LogP contribution in [0, 0.1) is 5.82 Å². The second kappa shape index (κ2) is 9.78. The Labute approximate surface area is 184 Å². The first-order valence-electron chi connectivity index (χ1n) is 10.1. The van der Waals surface area contributed by atoms with Crippen molar-refractivity contribution in [3.63, 3.8) is 0 Å². The molecule has 6 nitrogen and oxygen atoms in total. The van der Waals surface area contributed by atoms with E-state index < -0.39 is 11.3 Å². The van der Waals surface area contributed by atoms with Gasteiger partial charge in [0.2, 0.25) is 11.8 Å². The molecule has 2 amide bonds. The van der Waals surface area contributed by atoms with E-state index >= 15 is 0 Å². The molecular weight excluding hydrogens is 415 g/mol. The summed E-state index contributed by atoms with van der Waals surface area (Å²) in [6.45, 7) is 1.08. The Hall–Kier alpha value is -3.13. The van der Waals surface area contributed by atoms with Crippen LogP contribution in [0.5, 0.6) is 0 Å². The molecule has 2 N–H and O–H groups in total. The summed E-state index contributed by atoms with van der Waals surface area (Å²) in [5.74, 6) is -0.306. The lowest BCUT2D eigenvalue weighted by molar-refractivity contribution is -0.128. The first kappa shape index (κ1) is 21.1. The smallest absolute Gasteiger partial charge is 0.243 e. The van der Waals surface area contributed by atoms with E-state index in [1.165, 1.54) is 17.8 Å². The number of nitrogens with one attached hydrogen (secondary N) is 2. The van der Waals surface area contributed by atoms with Crippen molar-refractivity contribution in [1.29, 1.82) is 0 Å². The van der Waals surface area contributed by atoms with Gasteiger partial charge >= 0.3 is 0 Å². The molecule has 0 aliphatic carbocycles. The van der Waals surface area contributed by atoms with E-state index in [0.717, 1.165) is 11.1 Å². The highest BCUT2D eigenvalue weighted by Gasteiger charge is 2.32. The second-order valence-electron chi connectivity index (χ2n) is 7.42. The highest BCUT2D eigenvalue weighted by atomic mass is 32.2. The average Bonchev–Trinajstić information content (AvgIpc) is 3.29. The van der Waals surface area contributed by atoms with E-state index in [4.69, 9.17) is 0 Å². The number of carbonyl (C=O) groups excluding carboxylic acids is 2. The number of aromatic nitrogens is 2. The Balaban J connectivity index is 1.25. The van der Waals surface area contributed by atoms with Crippen molar-refractivity contribution in [3.05, 3.63) is 89.5 Å². The predicted octanol–water partition coefficient (Wildman–Crippen LogP) is 2.53. The number of nitrogens with zero attached hydrogens (tertiary/aromatic N) is 2. The van der Waals surface area contributed by atoms with Crippen LogP contribution in [0.1, 0.15) is 16.7 Å². The zero-order valence-corrected chi connectivity index (χ0v) is 17.6. The molecule has 160 valence electrons. The van der Waals surface area contributed by atoms with Crippen molar-refractivity contribution in [3.8, 4) is 0 Å². The molecule has 1 fully saturated rings. The minimum absolute atomic E-state index is 0.217. The molecule has 2 unspecified atom stereocenters. The summed E-state index contributed by atoms with van der Waals surface area (Å²) < 4.78 is 15.7. The zero-order valence-electron chi connectivity index (χ0n) is 16.8. The molecule has 1 aromatic heterocycles. The molecule has 8 heteroatoms. The maximum absolute atomic E-state index is 13.8. The topological polar surface area (TPSA) is 76.0 Å². The van der Waals surface area contributed by atoms with Gasteiger partial charge in [-0.25, -0.2) is 4.39 Å². The van der Waals surface area contributed by atoms with Crippen LogP contribution in [0.15, 0.2) is 67.0 Å². The normalized spacial score (nSPS) is 18.4. The van der Waals surface area contributed by atoms with Crippen molar-refractivity contribution in [2.45, 2.75) is 30.8 Å². The van der Waals surface area contributed by atoms with E-state index in [-0.39, 0.29) is 17.6 Å². The third-order valence-electron chi connectivity index (χ3n) is 5.15. The molecular formula is C23H23FN4O2S. The van der Waals surface area contributed by atoms with Crippen LogP contribution >= 0.6 is 11.8 Å². The summed E-state index contributed by atoms with van der Waals surface area (Å²) in [7, 11) is 0. The lowest BCUT2D eigenvalue weighted by atomic mass is 10.1. The highest BCUT2D eigenvalue weighted by Crippen LogP contribution is 2.23. The van der Waals surface area contributed by atoms with Gasteiger partial charge in [-0.2, -0.15) is 5.10 Å². The van der Waals surface area contributed by atoms with Crippen molar-refractivity contribution in [1.82, 2.24) is 20.4 Å². The van der Waals surface area contributed by atoms with Crippen molar-refractivity contribution < 1.29 is 14.0 Å². The Morgan fingerprint density at radius 1 is 1.16 bits per heavy atom. The molecule has 0 saturated carbocycles. The van der Waals surface area contributed by atoms with E-state index in [1.807, 2.05) is 41.2 Å². The number of halogens is 1. The fourth-order valence-electron chi connectivity index (χ4n) is 3.41. The van der Waals surface area contributed by atoms with Gasteiger partial charge in [-0.3, -0.25) is 14.3 Å². The molecule has 3 aromatic rings. The van der Waals surface area contributed by atoms with Gasteiger partial charge < -0.3 is 10.6 Å². The Bertz CT molecular complexity index is 1040. The molecule has 0 spiro atoms. The Morgan fingerprint density at radius 3 is 2.65 bits per heavy atom. The highest BCUT2D eigenvalue weighted by molar-refractivity contribution is 8.00. The monoisotopic (exact) mass is 438 g/mol. The molecule has 2 heterocycles. The SMILES string of the molecule is O=C(NCc1ccc(Cn2cccn2)cc1)C1CSC(Cc2ccccc2F)C(=O)N1. The molecule has 2 atom stereocenters. The average molecular weight is 439 g/mol. The third kappa shape index (κ3) is 5.52. The number of amides is 2. The fraction of sp³-hybridized carbons (Fsp3) is 0.261. The van der Waals surface area contributed by atoms with Crippen LogP contribution in [-0.4, -0.2) is 38.6 Å². The van der Waals surface area contributed by atoms with E-state index in [0.29, 0.717) is 30.8 Å². The van der Waals surface area contributed by atoms with Crippen molar-refractivity contribution in [2.75, 3.05) is 5.75 Å². The van der Waals surface area contributed by atoms with Crippen LogP contribution < -0.4 is 10.6 Å². The predicted molar refractivity (Wildman–Crippen MR) is 118 cm³/mol. The Morgan fingerprint density at radius 2 is 1.94 bits per heavy atom. The number of carbonyl (C=O) groups is 2. The van der Waals surface area contributed by atoms with Gasteiger partial charge in [0, 0.05) is 24.7 Å². The number of benzene rings is 2. The zero-order chi connectivity index (χ0) is 21.6. The van der Waals surface area contributed by atoms with Gasteiger partial charge in [-0.15, -0.1) is 11.8 Å². The largest absolute Gasteiger partial charge is 0.350 e. The molecule has 1 aliphatic rings. The molecule has 1 aliphatic heterocycles. The van der Waals surface area contributed by atoms with Gasteiger partial charge in [-0.1, -0.05) is 42.5 Å². The first-order chi connectivity index (χ1) is 15.1. The van der Waals surface area contributed by atoms with E-state index in [2.05, 4.69) is 15.7 Å². The summed E-state index contributed by atoms with van der Waals surface area (Å²) in [4.78, 5) is 24.9. The number of thioether (sulfide) groups is 1. The summed E-state index contributed by atoms with van der Waals surface area (Å²) in [6, 6.07) is 15.7. The molecule has 2 aromatic carbocycles. The molecule has 0 radical (unpaired) electrons. The Kier molecular flexibility index (Phi) is 6.66. The van der Waals surface area contributed by atoms with Gasteiger partial charge in [0.15, 0.2) is 0 Å². The summed E-state index contributed by atoms with van der Waals surface area (Å²) in [5.41, 5.74) is 2.61. The first-order valence-corrected chi connectivity index (χ1v) is 11.1. The second-order valence-corrected chi connectivity index (χ2v) is 8.65. The summed E-state index contributed by atoms with van der Waals surface area (Å²) >= 11 is 1.39. The molecule has 1 saturated heterocycles. The van der Waals surface area contributed by atoms with Gasteiger partial charge in [-0.05, 0) is 35.2 Å². The maximum Gasteiger partial charge on any atom is 0.243 e.